The van der Waals surface area contributed by atoms with Crippen molar-refractivity contribution in [2.75, 3.05) is 26.9 Å². The lowest BCUT2D eigenvalue weighted by molar-refractivity contribution is -0.315. The first-order valence-corrected chi connectivity index (χ1v) is 4.66. The van der Waals surface area contributed by atoms with E-state index in [4.69, 9.17) is 18.9 Å². The van der Waals surface area contributed by atoms with Crippen LogP contribution in [0.1, 0.15) is 13.3 Å². The van der Waals surface area contributed by atoms with Gasteiger partial charge in [-0.2, -0.15) is 0 Å². The summed E-state index contributed by atoms with van der Waals surface area (Å²) in [6, 6.07) is 0. The molecule has 0 amide bonds. The zero-order valence-electron chi connectivity index (χ0n) is 8.12. The summed E-state index contributed by atoms with van der Waals surface area (Å²) in [5.74, 6) is -0.580. The minimum atomic E-state index is -0.580. The first-order valence-electron chi connectivity index (χ1n) is 4.66. The highest BCUT2D eigenvalue weighted by Crippen LogP contribution is 2.30. The third kappa shape index (κ3) is 1.86. The van der Waals surface area contributed by atoms with Crippen LogP contribution >= 0.6 is 0 Å². The Labute approximate surface area is 78.1 Å². The van der Waals surface area contributed by atoms with Crippen LogP contribution in [0.15, 0.2) is 0 Å². The van der Waals surface area contributed by atoms with E-state index in [-0.39, 0.29) is 12.2 Å². The number of hydrogen-bond acceptors (Lipinski definition) is 4. The Morgan fingerprint density at radius 3 is 3.08 bits per heavy atom. The van der Waals surface area contributed by atoms with Crippen molar-refractivity contribution in [1.29, 1.82) is 0 Å². The zero-order chi connectivity index (χ0) is 9.31. The summed E-state index contributed by atoms with van der Waals surface area (Å²) < 4.78 is 21.8. The number of fused-ring (bicyclic) bond motifs is 1. The van der Waals surface area contributed by atoms with Gasteiger partial charge < -0.3 is 18.9 Å². The predicted molar refractivity (Wildman–Crippen MR) is 45.5 cm³/mol. The number of ether oxygens (including phenoxy) is 4. The molecule has 0 spiro atoms. The molecule has 2 aliphatic heterocycles. The first-order chi connectivity index (χ1) is 6.23. The van der Waals surface area contributed by atoms with Crippen molar-refractivity contribution in [1.82, 2.24) is 0 Å². The third-order valence-electron chi connectivity index (χ3n) is 2.51. The molecule has 0 aromatic heterocycles. The van der Waals surface area contributed by atoms with Gasteiger partial charge in [-0.15, -0.1) is 0 Å². The van der Waals surface area contributed by atoms with Gasteiger partial charge in [0.15, 0.2) is 5.79 Å². The lowest BCUT2D eigenvalue weighted by Crippen LogP contribution is -2.50. The van der Waals surface area contributed by atoms with E-state index in [0.717, 1.165) is 13.0 Å². The number of rotatable bonds is 2. The topological polar surface area (TPSA) is 36.9 Å². The highest BCUT2D eigenvalue weighted by Gasteiger charge is 2.42. The third-order valence-corrected chi connectivity index (χ3v) is 2.51. The molecule has 0 aliphatic carbocycles. The van der Waals surface area contributed by atoms with Gasteiger partial charge in [0, 0.05) is 13.7 Å². The molecule has 2 heterocycles. The maximum Gasteiger partial charge on any atom is 0.189 e. The lowest BCUT2D eigenvalue weighted by Gasteiger charge is -2.39. The summed E-state index contributed by atoms with van der Waals surface area (Å²) in [6.45, 7) is 3.77. The van der Waals surface area contributed by atoms with Gasteiger partial charge in [-0.05, 0) is 13.3 Å². The molecule has 0 N–H and O–H groups in total. The van der Waals surface area contributed by atoms with E-state index in [9.17, 15) is 0 Å². The molecule has 0 aromatic rings. The molecule has 2 saturated heterocycles. The molecule has 0 bridgehead atoms. The average Bonchev–Trinajstić information content (AvgIpc) is 2.50. The Balaban J connectivity index is 1.95. The highest BCUT2D eigenvalue weighted by molar-refractivity contribution is 4.84. The van der Waals surface area contributed by atoms with E-state index in [0.29, 0.717) is 13.2 Å². The van der Waals surface area contributed by atoms with Crippen LogP contribution in [0.3, 0.4) is 0 Å². The van der Waals surface area contributed by atoms with Crippen molar-refractivity contribution >= 4 is 0 Å². The molecular formula is C9H16O4. The van der Waals surface area contributed by atoms with Crippen molar-refractivity contribution in [3.63, 3.8) is 0 Å². The molecule has 2 aliphatic rings. The Kier molecular flexibility index (Phi) is 2.55. The van der Waals surface area contributed by atoms with Crippen molar-refractivity contribution in [2.45, 2.75) is 31.3 Å². The maximum atomic E-state index is 5.77. The number of methoxy groups -OCH3 is 1. The highest BCUT2D eigenvalue weighted by atomic mass is 16.7. The molecule has 1 unspecified atom stereocenters. The van der Waals surface area contributed by atoms with Gasteiger partial charge in [0.2, 0.25) is 0 Å². The van der Waals surface area contributed by atoms with Crippen LogP contribution in [-0.4, -0.2) is 44.9 Å². The molecule has 4 heteroatoms. The summed E-state index contributed by atoms with van der Waals surface area (Å²) in [6.07, 6.45) is 1.28. The zero-order valence-corrected chi connectivity index (χ0v) is 8.12. The van der Waals surface area contributed by atoms with E-state index < -0.39 is 5.79 Å². The predicted octanol–water partition coefficient (Wildman–Crippen LogP) is 0.553. The molecule has 13 heavy (non-hydrogen) atoms. The van der Waals surface area contributed by atoms with Crippen molar-refractivity contribution in [3.8, 4) is 0 Å². The minimum absolute atomic E-state index is 0.130. The second kappa shape index (κ2) is 3.53. The van der Waals surface area contributed by atoms with E-state index in [1.54, 1.807) is 7.11 Å². The van der Waals surface area contributed by atoms with Crippen LogP contribution in [0.5, 0.6) is 0 Å². The van der Waals surface area contributed by atoms with Crippen LogP contribution in [0, 0.1) is 0 Å². The fraction of sp³-hybridized carbons (Fsp3) is 1.00. The molecule has 0 radical (unpaired) electrons. The molecule has 2 rings (SSSR count). The van der Waals surface area contributed by atoms with Gasteiger partial charge >= 0.3 is 0 Å². The van der Waals surface area contributed by atoms with E-state index in [2.05, 4.69) is 0 Å². The fourth-order valence-electron chi connectivity index (χ4n) is 1.87. The van der Waals surface area contributed by atoms with Gasteiger partial charge in [-0.1, -0.05) is 0 Å². The second-order valence-corrected chi connectivity index (χ2v) is 3.73. The lowest BCUT2D eigenvalue weighted by atomic mass is 10.1. The number of hydrogen-bond donors (Lipinski definition) is 0. The van der Waals surface area contributed by atoms with Gasteiger partial charge in [-0.25, -0.2) is 0 Å². The summed E-state index contributed by atoms with van der Waals surface area (Å²) in [7, 11) is 1.65. The summed E-state index contributed by atoms with van der Waals surface area (Å²) >= 11 is 0. The summed E-state index contributed by atoms with van der Waals surface area (Å²) in [5, 5.41) is 0. The molecule has 76 valence electrons. The van der Waals surface area contributed by atoms with E-state index in [1.165, 1.54) is 0 Å². The molecule has 2 fully saturated rings. The SMILES string of the molecule is COCC1(C)OC[C@H]2OCC[C@H]2O1. The molecule has 4 nitrogen and oxygen atoms in total. The van der Waals surface area contributed by atoms with Gasteiger partial charge in [-0.3, -0.25) is 0 Å². The van der Waals surface area contributed by atoms with Gasteiger partial charge in [0.05, 0.1) is 19.3 Å². The quantitative estimate of drug-likeness (QED) is 0.634. The minimum Gasteiger partial charge on any atom is -0.379 e. The standard InChI is InChI=1S/C9H16O4/c1-9(6-10-2)12-5-8-7(13-9)3-4-11-8/h7-8H,3-6H2,1-2H3/t7-,8-,9?/m1/s1. The average molecular weight is 188 g/mol. The van der Waals surface area contributed by atoms with Crippen molar-refractivity contribution < 1.29 is 18.9 Å². The monoisotopic (exact) mass is 188 g/mol. The van der Waals surface area contributed by atoms with Crippen LogP contribution in [0.25, 0.3) is 0 Å². The largest absolute Gasteiger partial charge is 0.379 e. The smallest absolute Gasteiger partial charge is 0.189 e. The Morgan fingerprint density at radius 1 is 1.46 bits per heavy atom. The van der Waals surface area contributed by atoms with Crippen molar-refractivity contribution in [2.24, 2.45) is 0 Å². The summed E-state index contributed by atoms with van der Waals surface area (Å²) in [4.78, 5) is 0. The first kappa shape index (κ1) is 9.40. The maximum absolute atomic E-state index is 5.77. The Morgan fingerprint density at radius 2 is 2.31 bits per heavy atom. The molecule has 0 saturated carbocycles. The molecule has 3 atom stereocenters. The second-order valence-electron chi connectivity index (χ2n) is 3.73. The van der Waals surface area contributed by atoms with Gasteiger partial charge in [0.1, 0.15) is 6.10 Å². The molecule has 0 aromatic carbocycles. The van der Waals surface area contributed by atoms with E-state index >= 15 is 0 Å². The van der Waals surface area contributed by atoms with Crippen molar-refractivity contribution in [3.05, 3.63) is 0 Å². The van der Waals surface area contributed by atoms with Gasteiger partial charge in [0.25, 0.3) is 0 Å². The Bertz CT molecular complexity index is 184. The van der Waals surface area contributed by atoms with Crippen LogP contribution < -0.4 is 0 Å². The fourth-order valence-corrected chi connectivity index (χ4v) is 1.87. The van der Waals surface area contributed by atoms with Crippen LogP contribution in [-0.2, 0) is 18.9 Å². The van der Waals surface area contributed by atoms with E-state index in [1.807, 2.05) is 6.92 Å². The van der Waals surface area contributed by atoms with Crippen LogP contribution in [0.2, 0.25) is 0 Å². The normalized spacial score (nSPS) is 44.8. The Hall–Kier alpha value is -0.160. The summed E-state index contributed by atoms with van der Waals surface area (Å²) in [5.41, 5.74) is 0. The van der Waals surface area contributed by atoms with Crippen LogP contribution in [0.4, 0.5) is 0 Å². The molecular weight excluding hydrogens is 172 g/mol.